The Balaban J connectivity index is 1.72. The van der Waals surface area contributed by atoms with Crippen LogP contribution in [0.2, 0.25) is 0 Å². The van der Waals surface area contributed by atoms with Crippen molar-refractivity contribution in [3.8, 4) is 0 Å². The van der Waals surface area contributed by atoms with Gasteiger partial charge in [-0.15, -0.1) is 0 Å². The van der Waals surface area contributed by atoms with Gasteiger partial charge in [-0.25, -0.2) is 9.97 Å². The van der Waals surface area contributed by atoms with Gasteiger partial charge in [0, 0.05) is 23.9 Å². The Kier molecular flexibility index (Phi) is 2.93. The lowest BCUT2D eigenvalue weighted by atomic mass is 9.83. The van der Waals surface area contributed by atoms with Crippen molar-refractivity contribution in [2.75, 3.05) is 5.32 Å². The van der Waals surface area contributed by atoms with Crippen LogP contribution in [0.15, 0.2) is 18.3 Å². The van der Waals surface area contributed by atoms with Gasteiger partial charge in [-0.05, 0) is 18.9 Å². The number of hydrogen-bond donors (Lipinski definition) is 3. The normalized spacial score (nSPS) is 15.4. The summed E-state index contributed by atoms with van der Waals surface area (Å²) in [6.07, 6.45) is 5.52. The predicted molar refractivity (Wildman–Crippen MR) is 68.4 cm³/mol. The Morgan fingerprint density at radius 1 is 1.39 bits per heavy atom. The number of hydrogen-bond acceptors (Lipinski definition) is 5. The second-order valence-electron chi connectivity index (χ2n) is 4.52. The molecule has 1 aliphatic rings. The predicted octanol–water partition coefficient (Wildman–Crippen LogP) is 1.67. The number of nitrogens with zero attached hydrogens (tertiary/aromatic N) is 3. The molecule has 1 saturated carbocycles. The average Bonchev–Trinajstić information content (AvgIpc) is 2.75. The molecule has 94 valence electrons. The molecule has 0 atom stereocenters. The van der Waals surface area contributed by atoms with Crippen LogP contribution < -0.4 is 11.1 Å². The Hall–Kier alpha value is -1.95. The molecule has 0 aromatic carbocycles. The fourth-order valence-electron chi connectivity index (χ4n) is 2.03. The first-order valence-corrected chi connectivity index (χ1v) is 6.19. The first-order valence-electron chi connectivity index (χ1n) is 6.19. The SMILES string of the molecule is NCc1nccc(Nc2cc(C3CCC3)[nH]n2)n1. The topological polar surface area (TPSA) is 92.5 Å². The van der Waals surface area contributed by atoms with E-state index in [0.717, 1.165) is 11.6 Å². The minimum atomic E-state index is 0.337. The van der Waals surface area contributed by atoms with E-state index < -0.39 is 0 Å². The summed E-state index contributed by atoms with van der Waals surface area (Å²) in [5, 5.41) is 10.5. The van der Waals surface area contributed by atoms with E-state index in [-0.39, 0.29) is 0 Å². The Morgan fingerprint density at radius 2 is 2.28 bits per heavy atom. The number of rotatable bonds is 4. The summed E-state index contributed by atoms with van der Waals surface area (Å²) in [7, 11) is 0. The van der Waals surface area contributed by atoms with Crippen LogP contribution in [0.1, 0.15) is 36.7 Å². The lowest BCUT2D eigenvalue weighted by Crippen LogP contribution is -2.08. The van der Waals surface area contributed by atoms with Crippen LogP contribution in [-0.2, 0) is 6.54 Å². The highest BCUT2D eigenvalue weighted by atomic mass is 15.2. The molecule has 6 heteroatoms. The highest BCUT2D eigenvalue weighted by molar-refractivity contribution is 5.51. The molecule has 2 heterocycles. The zero-order valence-electron chi connectivity index (χ0n) is 10.1. The van der Waals surface area contributed by atoms with Crippen LogP contribution in [0.25, 0.3) is 0 Å². The van der Waals surface area contributed by atoms with E-state index in [1.165, 1.54) is 25.0 Å². The van der Waals surface area contributed by atoms with Crippen molar-refractivity contribution in [1.29, 1.82) is 0 Å². The van der Waals surface area contributed by atoms with E-state index in [1.54, 1.807) is 12.3 Å². The third kappa shape index (κ3) is 2.19. The van der Waals surface area contributed by atoms with Crippen LogP contribution in [0, 0.1) is 0 Å². The van der Waals surface area contributed by atoms with Gasteiger partial charge in [-0.2, -0.15) is 5.10 Å². The molecule has 3 rings (SSSR count). The van der Waals surface area contributed by atoms with Crippen molar-refractivity contribution < 1.29 is 0 Å². The summed E-state index contributed by atoms with van der Waals surface area (Å²) in [4.78, 5) is 8.32. The number of aromatic amines is 1. The van der Waals surface area contributed by atoms with Gasteiger partial charge in [0.25, 0.3) is 0 Å². The number of nitrogens with one attached hydrogen (secondary N) is 2. The molecule has 0 bridgehead atoms. The van der Waals surface area contributed by atoms with Gasteiger partial charge in [-0.3, -0.25) is 5.10 Å². The molecule has 0 radical (unpaired) electrons. The third-order valence-electron chi connectivity index (χ3n) is 3.29. The number of anilines is 2. The third-order valence-corrected chi connectivity index (χ3v) is 3.29. The number of aromatic nitrogens is 4. The first kappa shape index (κ1) is 11.2. The van der Waals surface area contributed by atoms with Crippen LogP contribution >= 0.6 is 0 Å². The van der Waals surface area contributed by atoms with E-state index in [4.69, 9.17) is 5.73 Å². The van der Waals surface area contributed by atoms with Gasteiger partial charge < -0.3 is 11.1 Å². The molecule has 1 fully saturated rings. The van der Waals surface area contributed by atoms with Gasteiger partial charge in [0.2, 0.25) is 0 Å². The summed E-state index contributed by atoms with van der Waals surface area (Å²) < 4.78 is 0. The smallest absolute Gasteiger partial charge is 0.153 e. The molecule has 0 aliphatic heterocycles. The summed E-state index contributed by atoms with van der Waals surface area (Å²) in [6.45, 7) is 0.337. The Labute approximate surface area is 105 Å². The van der Waals surface area contributed by atoms with Crippen molar-refractivity contribution in [1.82, 2.24) is 20.2 Å². The van der Waals surface area contributed by atoms with Crippen LogP contribution in [0.4, 0.5) is 11.6 Å². The Bertz CT molecular complexity index is 531. The standard InChI is InChI=1S/C12H16N6/c13-7-12-14-5-4-10(16-12)15-11-6-9(17-18-11)8-2-1-3-8/h4-6,8H,1-3,7,13H2,(H2,14,15,16,17,18). The highest BCUT2D eigenvalue weighted by Crippen LogP contribution is 2.36. The summed E-state index contributed by atoms with van der Waals surface area (Å²) in [5.41, 5.74) is 6.71. The lowest BCUT2D eigenvalue weighted by Gasteiger charge is -2.23. The molecule has 6 nitrogen and oxygen atoms in total. The van der Waals surface area contributed by atoms with E-state index in [9.17, 15) is 0 Å². The maximum Gasteiger partial charge on any atom is 0.153 e. The van der Waals surface area contributed by atoms with Crippen LogP contribution in [-0.4, -0.2) is 20.2 Å². The molecule has 2 aromatic heterocycles. The van der Waals surface area contributed by atoms with Crippen molar-refractivity contribution >= 4 is 11.6 Å². The minimum Gasteiger partial charge on any atom is -0.324 e. The lowest BCUT2D eigenvalue weighted by molar-refractivity contribution is 0.410. The molecule has 0 spiro atoms. The molecular formula is C12H16N6. The monoisotopic (exact) mass is 244 g/mol. The number of nitrogens with two attached hydrogens (primary N) is 1. The van der Waals surface area contributed by atoms with Gasteiger partial charge >= 0.3 is 0 Å². The summed E-state index contributed by atoms with van der Waals surface area (Å²) >= 11 is 0. The fraction of sp³-hybridized carbons (Fsp3) is 0.417. The zero-order valence-corrected chi connectivity index (χ0v) is 10.1. The fourth-order valence-corrected chi connectivity index (χ4v) is 2.03. The highest BCUT2D eigenvalue weighted by Gasteiger charge is 2.21. The number of H-pyrrole nitrogens is 1. The van der Waals surface area contributed by atoms with E-state index in [1.807, 2.05) is 6.07 Å². The van der Waals surface area contributed by atoms with Crippen molar-refractivity contribution in [2.45, 2.75) is 31.7 Å². The maximum absolute atomic E-state index is 5.51. The second kappa shape index (κ2) is 4.73. The Morgan fingerprint density at radius 3 is 3.00 bits per heavy atom. The molecule has 18 heavy (non-hydrogen) atoms. The summed E-state index contributed by atoms with van der Waals surface area (Å²) in [5.74, 6) is 2.78. The minimum absolute atomic E-state index is 0.337. The van der Waals surface area contributed by atoms with Gasteiger partial charge in [0.15, 0.2) is 5.82 Å². The van der Waals surface area contributed by atoms with Gasteiger partial charge in [-0.1, -0.05) is 6.42 Å². The van der Waals surface area contributed by atoms with Gasteiger partial charge in [0.1, 0.15) is 11.6 Å². The van der Waals surface area contributed by atoms with Crippen molar-refractivity contribution in [3.63, 3.8) is 0 Å². The quantitative estimate of drug-likeness (QED) is 0.760. The van der Waals surface area contributed by atoms with Crippen molar-refractivity contribution in [3.05, 3.63) is 29.8 Å². The van der Waals surface area contributed by atoms with E-state index in [2.05, 4.69) is 25.5 Å². The molecule has 4 N–H and O–H groups in total. The molecule has 0 saturated heterocycles. The van der Waals surface area contributed by atoms with E-state index >= 15 is 0 Å². The van der Waals surface area contributed by atoms with E-state index in [0.29, 0.717) is 18.3 Å². The molecule has 0 unspecified atom stereocenters. The largest absolute Gasteiger partial charge is 0.324 e. The van der Waals surface area contributed by atoms with Crippen LogP contribution in [0.5, 0.6) is 0 Å². The zero-order chi connectivity index (χ0) is 12.4. The second-order valence-corrected chi connectivity index (χ2v) is 4.52. The molecule has 1 aliphatic carbocycles. The molecule has 0 amide bonds. The van der Waals surface area contributed by atoms with Crippen molar-refractivity contribution in [2.24, 2.45) is 5.73 Å². The van der Waals surface area contributed by atoms with Gasteiger partial charge in [0.05, 0.1) is 6.54 Å². The first-order chi connectivity index (χ1) is 8.85. The molecular weight excluding hydrogens is 228 g/mol. The van der Waals surface area contributed by atoms with Crippen LogP contribution in [0.3, 0.4) is 0 Å². The average molecular weight is 244 g/mol. The maximum atomic E-state index is 5.51. The molecule has 2 aromatic rings. The summed E-state index contributed by atoms with van der Waals surface area (Å²) in [6, 6.07) is 3.85.